The summed E-state index contributed by atoms with van der Waals surface area (Å²) < 4.78 is 10.8. The highest BCUT2D eigenvalue weighted by Crippen LogP contribution is 2.32. The van der Waals surface area contributed by atoms with Crippen molar-refractivity contribution in [2.24, 2.45) is 0 Å². The van der Waals surface area contributed by atoms with Crippen molar-refractivity contribution in [2.45, 2.75) is 6.92 Å². The second kappa shape index (κ2) is 8.45. The summed E-state index contributed by atoms with van der Waals surface area (Å²) in [5.74, 6) is 1.12. The van der Waals surface area contributed by atoms with Crippen molar-refractivity contribution in [3.63, 3.8) is 0 Å². The van der Waals surface area contributed by atoms with Crippen LogP contribution in [0.15, 0.2) is 42.5 Å². The molecule has 0 fully saturated rings. The molecule has 2 aromatic rings. The van der Waals surface area contributed by atoms with Gasteiger partial charge in [-0.15, -0.1) is 0 Å². The van der Waals surface area contributed by atoms with Gasteiger partial charge in [0.15, 0.2) is 6.61 Å². The van der Waals surface area contributed by atoms with Crippen molar-refractivity contribution in [3.8, 4) is 11.5 Å². The number of ether oxygens (including phenoxy) is 2. The van der Waals surface area contributed by atoms with Gasteiger partial charge in [-0.25, -0.2) is 0 Å². The zero-order chi connectivity index (χ0) is 17.5. The van der Waals surface area contributed by atoms with Crippen molar-refractivity contribution in [3.05, 3.63) is 47.5 Å². The molecule has 0 unspecified atom stereocenters. The first-order valence-corrected chi connectivity index (χ1v) is 8.00. The molecule has 0 heterocycles. The summed E-state index contributed by atoms with van der Waals surface area (Å²) in [6.07, 6.45) is 0. The Hall–Kier alpha value is -2.40. The Balaban J connectivity index is 1.95. The normalized spacial score (nSPS) is 10.2. The number of halogens is 1. The number of amides is 1. The summed E-state index contributed by atoms with van der Waals surface area (Å²) in [5.41, 5.74) is 1.40. The van der Waals surface area contributed by atoms with Crippen LogP contribution < -0.4 is 19.7 Å². The molecule has 0 aromatic heterocycles. The maximum Gasteiger partial charge on any atom is 0.262 e. The molecule has 0 radical (unpaired) electrons. The minimum atomic E-state index is -0.255. The third kappa shape index (κ3) is 4.80. The summed E-state index contributed by atoms with van der Waals surface area (Å²) in [6, 6.07) is 12.5. The quantitative estimate of drug-likeness (QED) is 0.826. The van der Waals surface area contributed by atoms with Gasteiger partial charge in [0, 0.05) is 14.1 Å². The molecule has 5 nitrogen and oxygen atoms in total. The summed E-state index contributed by atoms with van der Waals surface area (Å²) in [4.78, 5) is 14.0. The first-order chi connectivity index (χ1) is 11.5. The highest BCUT2D eigenvalue weighted by atomic mass is 35.5. The van der Waals surface area contributed by atoms with E-state index >= 15 is 0 Å². The topological polar surface area (TPSA) is 50.8 Å². The number of benzene rings is 2. The second-order valence-corrected chi connectivity index (χ2v) is 5.68. The smallest absolute Gasteiger partial charge is 0.262 e. The van der Waals surface area contributed by atoms with Crippen molar-refractivity contribution in [2.75, 3.05) is 37.5 Å². The molecule has 0 saturated carbocycles. The van der Waals surface area contributed by atoms with Crippen LogP contribution >= 0.6 is 11.6 Å². The first kappa shape index (κ1) is 17.9. The lowest BCUT2D eigenvalue weighted by molar-refractivity contribution is -0.118. The van der Waals surface area contributed by atoms with Gasteiger partial charge in [0.05, 0.1) is 23.0 Å². The third-order valence-corrected chi connectivity index (χ3v) is 3.52. The van der Waals surface area contributed by atoms with E-state index in [-0.39, 0.29) is 12.5 Å². The molecule has 0 atom stereocenters. The molecule has 0 spiro atoms. The molecule has 0 aliphatic heterocycles. The maximum absolute atomic E-state index is 12.1. The molecule has 2 rings (SSSR count). The van der Waals surface area contributed by atoms with Gasteiger partial charge in [0.25, 0.3) is 5.91 Å². The second-order valence-electron chi connectivity index (χ2n) is 5.27. The maximum atomic E-state index is 12.1. The van der Waals surface area contributed by atoms with Crippen LogP contribution in [-0.4, -0.2) is 33.2 Å². The fraction of sp³-hybridized carbons (Fsp3) is 0.278. The molecule has 128 valence electrons. The first-order valence-electron chi connectivity index (χ1n) is 7.62. The Bertz CT molecular complexity index is 687. The van der Waals surface area contributed by atoms with Gasteiger partial charge in [0.1, 0.15) is 11.5 Å². The molecular formula is C18H21ClN2O3. The number of rotatable bonds is 7. The molecule has 2 aromatic carbocycles. The minimum Gasteiger partial charge on any atom is -0.494 e. The van der Waals surface area contributed by atoms with E-state index < -0.39 is 0 Å². The summed E-state index contributed by atoms with van der Waals surface area (Å²) in [6.45, 7) is 2.44. The van der Waals surface area contributed by atoms with Gasteiger partial charge < -0.3 is 19.7 Å². The molecule has 1 amide bonds. The van der Waals surface area contributed by atoms with E-state index in [4.69, 9.17) is 21.1 Å². The van der Waals surface area contributed by atoms with Crippen LogP contribution in [0.2, 0.25) is 5.02 Å². The molecule has 0 saturated heterocycles. The molecule has 0 aliphatic carbocycles. The van der Waals surface area contributed by atoms with Crippen LogP contribution in [0.1, 0.15) is 6.92 Å². The number of carbonyl (C=O) groups excluding carboxylic acids is 1. The van der Waals surface area contributed by atoms with Crippen LogP contribution in [0.3, 0.4) is 0 Å². The summed E-state index contributed by atoms with van der Waals surface area (Å²) in [7, 11) is 3.74. The van der Waals surface area contributed by atoms with Gasteiger partial charge in [-0.2, -0.15) is 0 Å². The number of nitrogens with one attached hydrogen (secondary N) is 1. The predicted molar refractivity (Wildman–Crippen MR) is 97.5 cm³/mol. The number of hydrogen-bond donors (Lipinski definition) is 1. The zero-order valence-corrected chi connectivity index (χ0v) is 14.8. The lowest BCUT2D eigenvalue weighted by Gasteiger charge is -2.19. The fourth-order valence-electron chi connectivity index (χ4n) is 2.20. The molecule has 0 aliphatic rings. The Morgan fingerprint density at radius 1 is 1.08 bits per heavy atom. The van der Waals surface area contributed by atoms with E-state index in [9.17, 15) is 4.79 Å². The zero-order valence-electron chi connectivity index (χ0n) is 14.0. The molecular weight excluding hydrogens is 328 g/mol. The summed E-state index contributed by atoms with van der Waals surface area (Å²) >= 11 is 6.19. The van der Waals surface area contributed by atoms with Crippen molar-refractivity contribution in [1.82, 2.24) is 0 Å². The predicted octanol–water partition coefficient (Wildman–Crippen LogP) is 3.82. The molecule has 1 N–H and O–H groups in total. The average Bonchev–Trinajstić information content (AvgIpc) is 2.54. The monoisotopic (exact) mass is 348 g/mol. The van der Waals surface area contributed by atoms with E-state index in [1.165, 1.54) is 0 Å². The average molecular weight is 349 g/mol. The number of hydrogen-bond acceptors (Lipinski definition) is 4. The lowest BCUT2D eigenvalue weighted by atomic mass is 10.2. The Morgan fingerprint density at radius 2 is 1.71 bits per heavy atom. The van der Waals surface area contributed by atoms with Crippen LogP contribution in [0.25, 0.3) is 0 Å². The largest absolute Gasteiger partial charge is 0.494 e. The highest BCUT2D eigenvalue weighted by molar-refractivity contribution is 6.34. The van der Waals surface area contributed by atoms with Gasteiger partial charge in [-0.3, -0.25) is 4.79 Å². The van der Waals surface area contributed by atoms with Crippen LogP contribution in [0.4, 0.5) is 11.4 Å². The fourth-order valence-corrected chi connectivity index (χ4v) is 2.55. The Kier molecular flexibility index (Phi) is 6.32. The van der Waals surface area contributed by atoms with Gasteiger partial charge in [-0.05, 0) is 43.3 Å². The molecule has 24 heavy (non-hydrogen) atoms. The van der Waals surface area contributed by atoms with Crippen molar-refractivity contribution in [1.29, 1.82) is 0 Å². The highest BCUT2D eigenvalue weighted by Gasteiger charge is 2.12. The Labute approximate surface area is 147 Å². The SMILES string of the molecule is CCOc1ccc(OCC(=O)Nc2cccc(Cl)c2N(C)C)cc1. The lowest BCUT2D eigenvalue weighted by Crippen LogP contribution is -2.22. The number of nitrogens with zero attached hydrogens (tertiary/aromatic N) is 1. The van der Waals surface area contributed by atoms with E-state index in [2.05, 4.69) is 5.32 Å². The Morgan fingerprint density at radius 3 is 2.29 bits per heavy atom. The van der Waals surface area contributed by atoms with Crippen LogP contribution in [-0.2, 0) is 4.79 Å². The van der Waals surface area contributed by atoms with Crippen LogP contribution in [0, 0.1) is 0 Å². The van der Waals surface area contributed by atoms with Gasteiger partial charge in [0.2, 0.25) is 0 Å². The number of carbonyl (C=O) groups is 1. The van der Waals surface area contributed by atoms with E-state index in [1.807, 2.05) is 25.9 Å². The van der Waals surface area contributed by atoms with Gasteiger partial charge in [-0.1, -0.05) is 17.7 Å². The van der Waals surface area contributed by atoms with Crippen molar-refractivity contribution >= 4 is 28.9 Å². The van der Waals surface area contributed by atoms with E-state index in [1.54, 1.807) is 42.5 Å². The van der Waals surface area contributed by atoms with E-state index in [0.717, 1.165) is 11.4 Å². The number of para-hydroxylation sites is 1. The van der Waals surface area contributed by atoms with Crippen molar-refractivity contribution < 1.29 is 14.3 Å². The van der Waals surface area contributed by atoms with E-state index in [0.29, 0.717) is 23.1 Å². The van der Waals surface area contributed by atoms with Crippen LogP contribution in [0.5, 0.6) is 11.5 Å². The summed E-state index contributed by atoms with van der Waals surface area (Å²) in [5, 5.41) is 3.39. The molecule has 6 heteroatoms. The standard InChI is InChI=1S/C18H21ClN2O3/c1-4-23-13-8-10-14(11-9-13)24-12-17(22)20-16-7-5-6-15(19)18(16)21(2)3/h5-11H,4,12H2,1-3H3,(H,20,22). The number of anilines is 2. The third-order valence-electron chi connectivity index (χ3n) is 3.21. The molecule has 0 bridgehead atoms. The minimum absolute atomic E-state index is 0.0899. The van der Waals surface area contributed by atoms with Gasteiger partial charge >= 0.3 is 0 Å².